The Morgan fingerprint density at radius 3 is 2.66 bits per heavy atom. The number of aromatic nitrogens is 5. The molecule has 0 aliphatic rings. The Bertz CT molecular complexity index is 1540. The molecule has 0 radical (unpaired) electrons. The van der Waals surface area contributed by atoms with Crippen molar-refractivity contribution in [3.8, 4) is 11.1 Å². The first-order chi connectivity index (χ1) is 16.9. The lowest BCUT2D eigenvalue weighted by atomic mass is 10.0. The van der Waals surface area contributed by atoms with E-state index in [1.165, 1.54) is 5.56 Å². The number of hydrogen-bond acceptors (Lipinski definition) is 4. The zero-order valence-electron chi connectivity index (χ0n) is 19.2. The molecule has 1 N–H and O–H groups in total. The van der Waals surface area contributed by atoms with Crippen LogP contribution >= 0.6 is 27.5 Å². The molecule has 2 aromatic carbocycles. The van der Waals surface area contributed by atoms with Gasteiger partial charge in [-0.1, -0.05) is 69.5 Å². The lowest BCUT2D eigenvalue weighted by Crippen LogP contribution is -2.20. The fraction of sp³-hybridized carbons (Fsp3) is 0.154. The van der Waals surface area contributed by atoms with Crippen molar-refractivity contribution in [1.82, 2.24) is 24.5 Å². The highest BCUT2D eigenvalue weighted by atomic mass is 79.9. The molecule has 5 rings (SSSR count). The molecule has 176 valence electrons. The number of fused-ring (bicyclic) bond motifs is 1. The van der Waals surface area contributed by atoms with Crippen LogP contribution in [0, 0.1) is 13.8 Å². The molecule has 0 unspecified atom stereocenters. The summed E-state index contributed by atoms with van der Waals surface area (Å²) in [5.41, 5.74) is 5.84. The quantitative estimate of drug-likeness (QED) is 0.281. The van der Waals surface area contributed by atoms with E-state index in [0.717, 1.165) is 32.2 Å². The Hall–Kier alpha value is -3.49. The predicted octanol–water partition coefficient (Wildman–Crippen LogP) is 6.01. The number of nitrogens with zero attached hydrogens (tertiary/aromatic N) is 5. The summed E-state index contributed by atoms with van der Waals surface area (Å²) in [5.74, 6) is 0.0309. The van der Waals surface area contributed by atoms with Gasteiger partial charge in [-0.15, -0.1) is 0 Å². The van der Waals surface area contributed by atoms with Gasteiger partial charge in [0.05, 0.1) is 12.2 Å². The van der Waals surface area contributed by atoms with Crippen LogP contribution in [0.3, 0.4) is 0 Å². The predicted molar refractivity (Wildman–Crippen MR) is 142 cm³/mol. The maximum Gasteiger partial charge on any atom is 0.247 e. The van der Waals surface area contributed by atoms with Gasteiger partial charge in [0.25, 0.3) is 0 Å². The van der Waals surface area contributed by atoms with Gasteiger partial charge in [0.1, 0.15) is 11.6 Å². The van der Waals surface area contributed by atoms with Crippen LogP contribution in [0.15, 0.2) is 71.5 Å². The van der Waals surface area contributed by atoms with Crippen LogP contribution in [0.25, 0.3) is 22.2 Å². The highest BCUT2D eigenvalue weighted by molar-refractivity contribution is 9.10. The molecule has 0 aliphatic heterocycles. The first-order valence-corrected chi connectivity index (χ1v) is 12.2. The number of amides is 1. The molecule has 35 heavy (non-hydrogen) atoms. The topological polar surface area (TPSA) is 77.6 Å². The molecular weight excluding hydrogens is 528 g/mol. The maximum atomic E-state index is 12.9. The summed E-state index contributed by atoms with van der Waals surface area (Å²) >= 11 is 9.78. The normalized spacial score (nSPS) is 11.2. The van der Waals surface area contributed by atoms with Gasteiger partial charge in [0.2, 0.25) is 5.91 Å². The Labute approximate surface area is 215 Å². The van der Waals surface area contributed by atoms with Crippen molar-refractivity contribution in [3.63, 3.8) is 0 Å². The van der Waals surface area contributed by atoms with E-state index in [9.17, 15) is 4.79 Å². The minimum atomic E-state index is -0.284. The molecule has 5 aromatic rings. The summed E-state index contributed by atoms with van der Waals surface area (Å²) in [7, 11) is 0. The van der Waals surface area contributed by atoms with Crippen molar-refractivity contribution in [2.24, 2.45) is 0 Å². The average Bonchev–Trinajstić information content (AvgIpc) is 3.33. The third kappa shape index (κ3) is 4.99. The molecule has 0 aliphatic carbocycles. The monoisotopic (exact) mass is 548 g/mol. The second-order valence-electron chi connectivity index (χ2n) is 8.37. The number of aryl methyl sites for hydroxylation is 2. The number of rotatable bonds is 6. The third-order valence-electron chi connectivity index (χ3n) is 5.66. The van der Waals surface area contributed by atoms with Crippen LogP contribution in [0.1, 0.15) is 16.8 Å². The van der Waals surface area contributed by atoms with Gasteiger partial charge >= 0.3 is 0 Å². The summed E-state index contributed by atoms with van der Waals surface area (Å²) in [5, 5.41) is 13.1. The number of halogens is 2. The molecular formula is C26H22BrClN6O. The molecule has 3 heterocycles. The van der Waals surface area contributed by atoms with Crippen LogP contribution in [0.2, 0.25) is 5.02 Å². The SMILES string of the molecule is Cc1cccc(-c2ccnc3c2c(C)nn3CC(=O)Nc2nn(Cc3ccc(Br)cc3)cc2Cl)c1. The first-order valence-electron chi connectivity index (χ1n) is 11.0. The summed E-state index contributed by atoms with van der Waals surface area (Å²) in [6, 6.07) is 18.2. The smallest absolute Gasteiger partial charge is 0.247 e. The van der Waals surface area contributed by atoms with E-state index in [4.69, 9.17) is 11.6 Å². The van der Waals surface area contributed by atoms with Crippen molar-refractivity contribution in [3.05, 3.63) is 93.3 Å². The van der Waals surface area contributed by atoms with Crippen molar-refractivity contribution >= 4 is 50.3 Å². The Balaban J connectivity index is 1.36. The maximum absolute atomic E-state index is 12.9. The van der Waals surface area contributed by atoms with E-state index < -0.39 is 0 Å². The highest BCUT2D eigenvalue weighted by Crippen LogP contribution is 2.30. The van der Waals surface area contributed by atoms with Gasteiger partial charge in [-0.25, -0.2) is 9.67 Å². The van der Waals surface area contributed by atoms with Gasteiger partial charge in [-0.05, 0) is 48.7 Å². The number of carbonyl (C=O) groups excluding carboxylic acids is 1. The lowest BCUT2D eigenvalue weighted by molar-refractivity contribution is -0.116. The van der Waals surface area contributed by atoms with Gasteiger partial charge in [0.15, 0.2) is 11.5 Å². The van der Waals surface area contributed by atoms with Gasteiger partial charge < -0.3 is 5.32 Å². The standard InChI is InChI=1S/C26H22BrClN6O/c1-16-4-3-5-19(12-16)21-10-11-29-26-24(21)17(2)31-34(26)15-23(35)30-25-22(28)14-33(32-25)13-18-6-8-20(27)9-7-18/h3-12,14H,13,15H2,1-2H3,(H,30,32,35). The average molecular weight is 550 g/mol. The van der Waals surface area contributed by atoms with E-state index >= 15 is 0 Å². The number of pyridine rings is 1. The molecule has 0 fully saturated rings. The highest BCUT2D eigenvalue weighted by Gasteiger charge is 2.17. The van der Waals surface area contributed by atoms with E-state index in [1.54, 1.807) is 21.8 Å². The summed E-state index contributed by atoms with van der Waals surface area (Å²) in [4.78, 5) is 17.4. The molecule has 1 amide bonds. The van der Waals surface area contributed by atoms with Gasteiger partial charge in [-0.2, -0.15) is 10.2 Å². The fourth-order valence-electron chi connectivity index (χ4n) is 4.09. The molecule has 3 aromatic heterocycles. The molecule has 0 spiro atoms. The fourth-order valence-corrected chi connectivity index (χ4v) is 4.55. The van der Waals surface area contributed by atoms with Crippen LogP contribution in [0.4, 0.5) is 5.82 Å². The Kier molecular flexibility index (Phi) is 6.40. The number of anilines is 1. The summed E-state index contributed by atoms with van der Waals surface area (Å²) in [6.07, 6.45) is 3.44. The number of carbonyl (C=O) groups is 1. The molecule has 0 atom stereocenters. The molecule has 0 saturated heterocycles. The van der Waals surface area contributed by atoms with Crippen LogP contribution in [-0.2, 0) is 17.9 Å². The minimum absolute atomic E-state index is 0.00941. The minimum Gasteiger partial charge on any atom is -0.306 e. The Morgan fingerprint density at radius 1 is 1.09 bits per heavy atom. The zero-order valence-corrected chi connectivity index (χ0v) is 21.5. The molecule has 9 heteroatoms. The van der Waals surface area contributed by atoms with E-state index in [0.29, 0.717) is 23.0 Å². The first kappa shape index (κ1) is 23.3. The lowest BCUT2D eigenvalue weighted by Gasteiger charge is -2.07. The third-order valence-corrected chi connectivity index (χ3v) is 6.47. The molecule has 7 nitrogen and oxygen atoms in total. The molecule has 0 saturated carbocycles. The van der Waals surface area contributed by atoms with Crippen LogP contribution < -0.4 is 5.32 Å². The zero-order chi connectivity index (χ0) is 24.5. The number of hydrogen-bond donors (Lipinski definition) is 1. The Morgan fingerprint density at radius 2 is 1.89 bits per heavy atom. The van der Waals surface area contributed by atoms with Crippen molar-refractivity contribution in [1.29, 1.82) is 0 Å². The number of nitrogens with one attached hydrogen (secondary N) is 1. The van der Waals surface area contributed by atoms with Gasteiger partial charge in [-0.3, -0.25) is 9.48 Å². The molecule has 0 bridgehead atoms. The van der Waals surface area contributed by atoms with Crippen LogP contribution in [0.5, 0.6) is 0 Å². The van der Waals surface area contributed by atoms with E-state index in [1.807, 2.05) is 43.3 Å². The van der Waals surface area contributed by atoms with Gasteiger partial charge in [0, 0.05) is 22.3 Å². The van der Waals surface area contributed by atoms with Crippen molar-refractivity contribution in [2.75, 3.05) is 5.32 Å². The second-order valence-corrected chi connectivity index (χ2v) is 9.69. The number of benzene rings is 2. The van der Waals surface area contributed by atoms with Crippen molar-refractivity contribution < 1.29 is 4.79 Å². The van der Waals surface area contributed by atoms with E-state index in [2.05, 4.69) is 61.6 Å². The largest absolute Gasteiger partial charge is 0.306 e. The summed E-state index contributed by atoms with van der Waals surface area (Å²) in [6.45, 7) is 4.52. The van der Waals surface area contributed by atoms with E-state index in [-0.39, 0.29) is 12.5 Å². The second kappa shape index (κ2) is 9.64. The summed E-state index contributed by atoms with van der Waals surface area (Å²) < 4.78 is 4.32. The van der Waals surface area contributed by atoms with Crippen LogP contribution in [-0.4, -0.2) is 30.5 Å². The van der Waals surface area contributed by atoms with Crippen molar-refractivity contribution in [2.45, 2.75) is 26.9 Å².